The molecule has 2 unspecified atom stereocenters. The second-order valence-corrected chi connectivity index (χ2v) is 6.71. The van der Waals surface area contributed by atoms with Gasteiger partial charge < -0.3 is 4.57 Å². The van der Waals surface area contributed by atoms with Crippen LogP contribution in [-0.4, -0.2) is 15.7 Å². The lowest BCUT2D eigenvalue weighted by molar-refractivity contribution is 0.0991. The van der Waals surface area contributed by atoms with Crippen molar-refractivity contribution in [1.29, 1.82) is 0 Å². The van der Waals surface area contributed by atoms with E-state index in [0.29, 0.717) is 6.04 Å². The van der Waals surface area contributed by atoms with Crippen molar-refractivity contribution in [3.8, 4) is 0 Å². The zero-order chi connectivity index (χ0) is 14.9. The Morgan fingerprint density at radius 2 is 2.15 bits per heavy atom. The highest BCUT2D eigenvalue weighted by atomic mass is 35.5. The van der Waals surface area contributed by atoms with Crippen LogP contribution >= 0.6 is 22.9 Å². The molecule has 0 aliphatic carbocycles. The van der Waals surface area contributed by atoms with Gasteiger partial charge in [-0.25, -0.2) is 0 Å². The molecule has 0 amide bonds. The number of halogens is 1. The molecule has 2 nitrogen and oxygen atoms in total. The van der Waals surface area contributed by atoms with E-state index in [1.807, 2.05) is 13.0 Å². The number of alkyl halides is 1. The summed E-state index contributed by atoms with van der Waals surface area (Å²) in [4.78, 5) is 13.5. The second kappa shape index (κ2) is 6.15. The molecule has 0 N–H and O–H groups in total. The van der Waals surface area contributed by atoms with Gasteiger partial charge in [0.25, 0.3) is 0 Å². The maximum Gasteiger partial charge on any atom is 0.182 e. The quantitative estimate of drug-likeness (QED) is 0.564. The molecule has 2 rings (SSSR count). The fourth-order valence-electron chi connectivity index (χ4n) is 2.71. The third-order valence-corrected chi connectivity index (χ3v) is 4.85. The molecule has 0 aliphatic heterocycles. The molecule has 0 radical (unpaired) electrons. The van der Waals surface area contributed by atoms with Crippen molar-refractivity contribution in [3.05, 3.63) is 45.4 Å². The lowest BCUT2D eigenvalue weighted by Gasteiger charge is -2.20. The fraction of sp³-hybridized carbons (Fsp3) is 0.438. The van der Waals surface area contributed by atoms with Crippen molar-refractivity contribution in [2.45, 2.75) is 45.5 Å². The number of carbonyl (C=O) groups is 1. The minimum atomic E-state index is -0.481. The zero-order valence-electron chi connectivity index (χ0n) is 12.3. The van der Waals surface area contributed by atoms with Crippen molar-refractivity contribution >= 4 is 28.7 Å². The summed E-state index contributed by atoms with van der Waals surface area (Å²) in [5.74, 6) is 0.00653. The Balaban J connectivity index is 2.49. The van der Waals surface area contributed by atoms with Crippen molar-refractivity contribution in [2.24, 2.45) is 0 Å². The molecule has 20 heavy (non-hydrogen) atoms. The van der Waals surface area contributed by atoms with E-state index >= 15 is 0 Å². The van der Waals surface area contributed by atoms with Gasteiger partial charge in [0.15, 0.2) is 5.78 Å². The molecule has 0 saturated carbocycles. The SMILES string of the molecule is CCC(c1cccs1)n1c(C)cc(C(=O)C(C)Cl)c1C. The zero-order valence-corrected chi connectivity index (χ0v) is 13.9. The average Bonchev–Trinajstić information content (AvgIpc) is 3.02. The highest BCUT2D eigenvalue weighted by Crippen LogP contribution is 2.31. The number of hydrogen-bond acceptors (Lipinski definition) is 2. The van der Waals surface area contributed by atoms with Crippen LogP contribution in [0.1, 0.15) is 52.9 Å². The average molecular weight is 310 g/mol. The predicted molar refractivity (Wildman–Crippen MR) is 86.3 cm³/mol. The van der Waals surface area contributed by atoms with E-state index in [4.69, 9.17) is 11.6 Å². The van der Waals surface area contributed by atoms with E-state index in [1.54, 1.807) is 18.3 Å². The third-order valence-electron chi connectivity index (χ3n) is 3.68. The second-order valence-electron chi connectivity index (χ2n) is 5.07. The number of hydrogen-bond donors (Lipinski definition) is 0. The molecule has 0 saturated heterocycles. The molecule has 2 aromatic rings. The van der Waals surface area contributed by atoms with Crippen LogP contribution in [0.3, 0.4) is 0 Å². The number of nitrogens with zero attached hydrogens (tertiary/aromatic N) is 1. The molecular weight excluding hydrogens is 290 g/mol. The Morgan fingerprint density at radius 1 is 1.45 bits per heavy atom. The van der Waals surface area contributed by atoms with E-state index < -0.39 is 5.38 Å². The Hall–Kier alpha value is -1.06. The summed E-state index contributed by atoms with van der Waals surface area (Å²) < 4.78 is 2.26. The molecule has 0 fully saturated rings. The van der Waals surface area contributed by atoms with E-state index in [2.05, 4.69) is 35.9 Å². The van der Waals surface area contributed by atoms with Gasteiger partial charge in [0.05, 0.1) is 11.4 Å². The molecule has 2 aromatic heterocycles. The lowest BCUT2D eigenvalue weighted by atomic mass is 10.1. The molecule has 4 heteroatoms. The smallest absolute Gasteiger partial charge is 0.182 e. The summed E-state index contributed by atoms with van der Waals surface area (Å²) in [7, 11) is 0. The lowest BCUT2D eigenvalue weighted by Crippen LogP contribution is -2.15. The first-order valence-corrected chi connectivity index (χ1v) is 8.19. The van der Waals surface area contributed by atoms with Gasteiger partial charge in [0, 0.05) is 21.8 Å². The standard InChI is InChI=1S/C16H20ClNOS/c1-5-14(15-7-6-8-20-15)18-10(2)9-13(12(18)4)16(19)11(3)17/h6-9,11,14H,5H2,1-4H3. The number of thiophene rings is 1. The van der Waals surface area contributed by atoms with Gasteiger partial charge >= 0.3 is 0 Å². The molecule has 108 valence electrons. The molecule has 2 heterocycles. The molecular formula is C16H20ClNOS. The summed E-state index contributed by atoms with van der Waals surface area (Å²) in [5, 5.41) is 1.62. The molecule has 0 spiro atoms. The summed E-state index contributed by atoms with van der Waals surface area (Å²) in [5.41, 5.74) is 2.88. The monoisotopic (exact) mass is 309 g/mol. The van der Waals surface area contributed by atoms with Gasteiger partial charge in [0.2, 0.25) is 0 Å². The minimum absolute atomic E-state index is 0.00653. The maximum absolute atomic E-state index is 12.2. The molecule has 2 atom stereocenters. The number of carbonyl (C=O) groups excluding carboxylic acids is 1. The van der Waals surface area contributed by atoms with Crippen LogP contribution in [0.2, 0.25) is 0 Å². The highest BCUT2D eigenvalue weighted by Gasteiger charge is 2.23. The Bertz CT molecular complexity index is 598. The minimum Gasteiger partial charge on any atom is -0.340 e. The summed E-state index contributed by atoms with van der Waals surface area (Å²) in [6.45, 7) is 7.97. The van der Waals surface area contributed by atoms with E-state index in [-0.39, 0.29) is 5.78 Å². The third kappa shape index (κ3) is 2.70. The summed E-state index contributed by atoms with van der Waals surface area (Å²) in [6, 6.07) is 6.49. The number of aryl methyl sites for hydroxylation is 1. The van der Waals surface area contributed by atoms with Crippen LogP contribution in [0.5, 0.6) is 0 Å². The van der Waals surface area contributed by atoms with Crippen molar-refractivity contribution in [1.82, 2.24) is 4.57 Å². The largest absolute Gasteiger partial charge is 0.340 e. The molecule has 0 aromatic carbocycles. The Morgan fingerprint density at radius 3 is 2.65 bits per heavy atom. The van der Waals surface area contributed by atoms with E-state index in [9.17, 15) is 4.79 Å². The summed E-state index contributed by atoms with van der Waals surface area (Å²) >= 11 is 7.71. The van der Waals surface area contributed by atoms with Gasteiger partial charge in [0.1, 0.15) is 0 Å². The first-order valence-electron chi connectivity index (χ1n) is 6.87. The summed E-state index contributed by atoms with van der Waals surface area (Å²) in [6.07, 6.45) is 1.00. The Kier molecular flexibility index (Phi) is 4.71. The highest BCUT2D eigenvalue weighted by molar-refractivity contribution is 7.10. The van der Waals surface area contributed by atoms with Crippen LogP contribution in [0, 0.1) is 13.8 Å². The van der Waals surface area contributed by atoms with Crippen LogP contribution in [0.4, 0.5) is 0 Å². The van der Waals surface area contributed by atoms with Gasteiger partial charge in [-0.3, -0.25) is 4.79 Å². The normalized spacial score (nSPS) is 14.2. The van der Waals surface area contributed by atoms with Gasteiger partial charge in [-0.2, -0.15) is 0 Å². The number of Topliss-reactive ketones (excluding diaryl/α,β-unsaturated/α-hetero) is 1. The van der Waals surface area contributed by atoms with Gasteiger partial charge in [-0.05, 0) is 44.7 Å². The fourth-order valence-corrected chi connectivity index (χ4v) is 3.73. The van der Waals surface area contributed by atoms with Crippen LogP contribution in [-0.2, 0) is 0 Å². The molecule has 0 bridgehead atoms. The molecule has 0 aliphatic rings. The van der Waals surface area contributed by atoms with Crippen molar-refractivity contribution < 1.29 is 4.79 Å². The van der Waals surface area contributed by atoms with E-state index in [0.717, 1.165) is 23.4 Å². The number of aromatic nitrogens is 1. The topological polar surface area (TPSA) is 22.0 Å². The first-order chi connectivity index (χ1) is 9.47. The predicted octanol–water partition coefficient (Wildman–Crippen LogP) is 4.98. The first kappa shape index (κ1) is 15.3. The van der Waals surface area contributed by atoms with Crippen molar-refractivity contribution in [2.75, 3.05) is 0 Å². The number of rotatable bonds is 5. The Labute approximate surface area is 129 Å². The van der Waals surface area contributed by atoms with Crippen LogP contribution in [0.25, 0.3) is 0 Å². The van der Waals surface area contributed by atoms with Gasteiger partial charge in [-0.15, -0.1) is 22.9 Å². The number of ketones is 1. The van der Waals surface area contributed by atoms with Crippen molar-refractivity contribution in [3.63, 3.8) is 0 Å². The van der Waals surface area contributed by atoms with Crippen LogP contribution in [0.15, 0.2) is 23.6 Å². The van der Waals surface area contributed by atoms with E-state index in [1.165, 1.54) is 4.88 Å². The van der Waals surface area contributed by atoms with Crippen LogP contribution < -0.4 is 0 Å². The maximum atomic E-state index is 12.2. The van der Waals surface area contributed by atoms with Gasteiger partial charge in [-0.1, -0.05) is 13.0 Å².